The summed E-state index contributed by atoms with van der Waals surface area (Å²) in [7, 11) is -3.74. The molecule has 0 bridgehead atoms. The van der Waals surface area contributed by atoms with E-state index < -0.39 is 19.9 Å². The molecule has 1 heterocycles. The second kappa shape index (κ2) is 4.48. The number of hydrogen-bond acceptors (Lipinski definition) is 6. The van der Waals surface area contributed by atoms with E-state index in [4.69, 9.17) is 34.8 Å². The van der Waals surface area contributed by atoms with Crippen LogP contribution in [0, 0.1) is 6.92 Å². The molecule has 0 aliphatic carbocycles. The van der Waals surface area contributed by atoms with Gasteiger partial charge < -0.3 is 4.18 Å². The molecule has 0 aromatic carbocycles. The molecule has 16 heavy (non-hydrogen) atoms. The molecule has 0 amide bonds. The molecule has 1 rings (SSSR count). The molecule has 0 radical (unpaired) electrons. The quantitative estimate of drug-likeness (QED) is 0.606. The minimum atomic E-state index is -3.74. The van der Waals surface area contributed by atoms with Gasteiger partial charge in [0, 0.05) is 0 Å². The number of aryl methyl sites for hydroxylation is 1. The first kappa shape index (κ1) is 13.7. The normalized spacial score (nSPS) is 12.6. The van der Waals surface area contributed by atoms with Crippen LogP contribution in [-0.4, -0.2) is 29.6 Å². The first-order chi connectivity index (χ1) is 7.08. The predicted molar refractivity (Wildman–Crippen MR) is 59.3 cm³/mol. The molecule has 0 saturated heterocycles. The van der Waals surface area contributed by atoms with E-state index >= 15 is 0 Å². The predicted octanol–water partition coefficient (Wildman–Crippen LogP) is 1.35. The van der Waals surface area contributed by atoms with E-state index in [9.17, 15) is 8.42 Å². The molecule has 10 heteroatoms. The van der Waals surface area contributed by atoms with E-state index in [2.05, 4.69) is 19.1 Å². The topological polar surface area (TPSA) is 82.0 Å². The fourth-order valence-electron chi connectivity index (χ4n) is 0.757. The Labute approximate surface area is 107 Å². The zero-order chi connectivity index (χ0) is 12.6. The van der Waals surface area contributed by atoms with Crippen LogP contribution in [0.25, 0.3) is 0 Å². The first-order valence-electron chi connectivity index (χ1n) is 3.77. The summed E-state index contributed by atoms with van der Waals surface area (Å²) >= 11 is 16.6. The van der Waals surface area contributed by atoms with Crippen molar-refractivity contribution in [2.24, 2.45) is 0 Å². The van der Waals surface area contributed by atoms with E-state index in [1.165, 1.54) is 6.92 Å². The summed E-state index contributed by atoms with van der Waals surface area (Å²) in [5, 5.41) is 0. The zero-order valence-electron chi connectivity index (χ0n) is 8.11. The van der Waals surface area contributed by atoms with Gasteiger partial charge in [0.15, 0.2) is 5.82 Å². The molecular weight excluding hydrogens is 301 g/mol. The van der Waals surface area contributed by atoms with Gasteiger partial charge in [-0.25, -0.2) is 4.98 Å². The number of hydrogen-bond donors (Lipinski definition) is 0. The van der Waals surface area contributed by atoms with Gasteiger partial charge in [-0.05, 0) is 6.92 Å². The summed E-state index contributed by atoms with van der Waals surface area (Å²) in [6, 6.07) is -0.434. The standard InChI is InChI=1S/C6H6Cl3N3O3S/c1-3-10-4(6(7,8)9)12-5(11-3)15-16(2,13)14/h1-2H3. The molecule has 0 saturated carbocycles. The highest BCUT2D eigenvalue weighted by molar-refractivity contribution is 7.86. The summed E-state index contributed by atoms with van der Waals surface area (Å²) in [4.78, 5) is 10.9. The van der Waals surface area contributed by atoms with Crippen LogP contribution in [0.15, 0.2) is 0 Å². The molecule has 0 aliphatic heterocycles. The van der Waals surface area contributed by atoms with E-state index in [-0.39, 0.29) is 11.6 Å². The van der Waals surface area contributed by atoms with Crippen LogP contribution >= 0.6 is 34.8 Å². The smallest absolute Gasteiger partial charge is 0.336 e. The molecule has 0 atom stereocenters. The molecule has 0 unspecified atom stereocenters. The van der Waals surface area contributed by atoms with E-state index in [1.807, 2.05) is 0 Å². The van der Waals surface area contributed by atoms with Crippen molar-refractivity contribution < 1.29 is 12.6 Å². The van der Waals surface area contributed by atoms with E-state index in [1.54, 1.807) is 0 Å². The molecule has 90 valence electrons. The number of alkyl halides is 3. The Morgan fingerprint density at radius 1 is 1.19 bits per heavy atom. The van der Waals surface area contributed by atoms with Crippen LogP contribution in [0.1, 0.15) is 11.6 Å². The van der Waals surface area contributed by atoms with Crippen molar-refractivity contribution >= 4 is 44.9 Å². The molecular formula is C6H6Cl3N3O3S. The number of nitrogens with zero attached hydrogens (tertiary/aromatic N) is 3. The SMILES string of the molecule is Cc1nc(OS(C)(=O)=O)nc(C(Cl)(Cl)Cl)n1. The van der Waals surface area contributed by atoms with Crippen LogP contribution in [-0.2, 0) is 13.9 Å². The number of aromatic nitrogens is 3. The average molecular weight is 307 g/mol. The Kier molecular flexibility index (Phi) is 3.83. The highest BCUT2D eigenvalue weighted by Crippen LogP contribution is 2.36. The van der Waals surface area contributed by atoms with Gasteiger partial charge in [0.1, 0.15) is 5.82 Å². The van der Waals surface area contributed by atoms with Crippen LogP contribution in [0.5, 0.6) is 6.01 Å². The van der Waals surface area contributed by atoms with Gasteiger partial charge in [-0.2, -0.15) is 18.4 Å². The Bertz CT molecular complexity index is 499. The van der Waals surface area contributed by atoms with E-state index in [0.717, 1.165) is 6.26 Å². The Morgan fingerprint density at radius 2 is 1.75 bits per heavy atom. The first-order valence-corrected chi connectivity index (χ1v) is 6.72. The van der Waals surface area contributed by atoms with Gasteiger partial charge in [-0.1, -0.05) is 34.8 Å². The second-order valence-electron chi connectivity index (χ2n) is 2.77. The van der Waals surface area contributed by atoms with Gasteiger partial charge in [0.2, 0.25) is 3.79 Å². The average Bonchev–Trinajstić information content (AvgIpc) is 1.97. The van der Waals surface area contributed by atoms with Gasteiger partial charge in [0.25, 0.3) is 0 Å². The van der Waals surface area contributed by atoms with Gasteiger partial charge in [-0.3, -0.25) is 0 Å². The van der Waals surface area contributed by atoms with Crippen molar-refractivity contribution in [3.05, 3.63) is 11.6 Å². The minimum absolute atomic E-state index is 0.176. The number of rotatable bonds is 2. The summed E-state index contributed by atoms with van der Waals surface area (Å²) in [6.07, 6.45) is 0.848. The summed E-state index contributed by atoms with van der Waals surface area (Å²) in [6.45, 7) is 1.48. The van der Waals surface area contributed by atoms with Crippen LogP contribution < -0.4 is 4.18 Å². The summed E-state index contributed by atoms with van der Waals surface area (Å²) < 4.78 is 24.3. The lowest BCUT2D eigenvalue weighted by atomic mass is 10.6. The Morgan fingerprint density at radius 3 is 2.19 bits per heavy atom. The summed E-state index contributed by atoms with van der Waals surface area (Å²) in [5.41, 5.74) is 0. The maximum Gasteiger partial charge on any atom is 0.336 e. The van der Waals surface area contributed by atoms with Crippen LogP contribution in [0.4, 0.5) is 0 Å². The highest BCUT2D eigenvalue weighted by atomic mass is 35.6. The maximum absolute atomic E-state index is 10.9. The molecule has 0 spiro atoms. The molecule has 0 N–H and O–H groups in total. The van der Waals surface area contributed by atoms with Crippen molar-refractivity contribution in [3.63, 3.8) is 0 Å². The molecule has 6 nitrogen and oxygen atoms in total. The fourth-order valence-corrected chi connectivity index (χ4v) is 1.36. The summed E-state index contributed by atoms with van der Waals surface area (Å²) in [5.74, 6) is -0.0291. The van der Waals surface area contributed by atoms with E-state index in [0.29, 0.717) is 0 Å². The zero-order valence-corrected chi connectivity index (χ0v) is 11.2. The third kappa shape index (κ3) is 4.25. The fraction of sp³-hybridized carbons (Fsp3) is 0.500. The molecule has 1 aromatic heterocycles. The third-order valence-corrected chi connectivity index (χ3v) is 2.17. The maximum atomic E-state index is 10.9. The molecule has 0 aliphatic rings. The lowest BCUT2D eigenvalue weighted by Gasteiger charge is -2.10. The van der Waals surface area contributed by atoms with Crippen molar-refractivity contribution in [1.82, 2.24) is 15.0 Å². The van der Waals surface area contributed by atoms with Gasteiger partial charge >= 0.3 is 16.1 Å². The minimum Gasteiger partial charge on any atom is -0.343 e. The lowest BCUT2D eigenvalue weighted by molar-refractivity contribution is 0.465. The van der Waals surface area contributed by atoms with Crippen molar-refractivity contribution in [3.8, 4) is 6.01 Å². The van der Waals surface area contributed by atoms with Crippen LogP contribution in [0.3, 0.4) is 0 Å². The molecule has 0 fully saturated rings. The highest BCUT2D eigenvalue weighted by Gasteiger charge is 2.28. The van der Waals surface area contributed by atoms with Crippen molar-refractivity contribution in [2.75, 3.05) is 6.26 Å². The lowest BCUT2D eigenvalue weighted by Crippen LogP contribution is -2.14. The largest absolute Gasteiger partial charge is 0.343 e. The monoisotopic (exact) mass is 305 g/mol. The Hall–Kier alpha value is -0.370. The van der Waals surface area contributed by atoms with Gasteiger partial charge in [-0.15, -0.1) is 0 Å². The third-order valence-electron chi connectivity index (χ3n) is 1.21. The van der Waals surface area contributed by atoms with Crippen LogP contribution in [0.2, 0.25) is 0 Å². The van der Waals surface area contributed by atoms with Gasteiger partial charge in [0.05, 0.1) is 6.26 Å². The molecule has 1 aromatic rings. The Balaban J connectivity index is 3.19. The van der Waals surface area contributed by atoms with Crippen molar-refractivity contribution in [2.45, 2.75) is 10.7 Å². The van der Waals surface area contributed by atoms with Crippen molar-refractivity contribution in [1.29, 1.82) is 0 Å². The number of halogens is 3. The second-order valence-corrected chi connectivity index (χ2v) is 6.63.